The lowest BCUT2D eigenvalue weighted by atomic mass is 9.94. The van der Waals surface area contributed by atoms with E-state index in [2.05, 4.69) is 0 Å². The summed E-state index contributed by atoms with van der Waals surface area (Å²) in [7, 11) is 0. The summed E-state index contributed by atoms with van der Waals surface area (Å²) >= 11 is 0. The number of hydrogen-bond donors (Lipinski definition) is 1. The lowest BCUT2D eigenvalue weighted by molar-refractivity contribution is 0.0516. The fraction of sp³-hybridized carbons (Fsp3) is 0.562. The average molecular weight is 294 g/mol. The van der Waals surface area contributed by atoms with Crippen LogP contribution in [0.5, 0.6) is 0 Å². The molecule has 2 unspecified atom stereocenters. The third-order valence-corrected chi connectivity index (χ3v) is 4.06. The first-order valence-electron chi connectivity index (χ1n) is 7.03. The number of nitrogens with zero attached hydrogens (tertiary/aromatic N) is 2. The topological polar surface area (TPSA) is 47.3 Å². The number of benzene rings is 1. The van der Waals surface area contributed by atoms with E-state index in [0.29, 0.717) is 18.5 Å². The van der Waals surface area contributed by atoms with E-state index in [0.717, 1.165) is 6.07 Å². The molecule has 5 heteroatoms. The molecule has 1 saturated heterocycles. The minimum atomic E-state index is -1.10. The number of nitriles is 1. The lowest BCUT2D eigenvalue weighted by Crippen LogP contribution is -2.49. The van der Waals surface area contributed by atoms with E-state index in [1.807, 2.05) is 31.7 Å². The number of aliphatic hydroxyl groups is 1. The van der Waals surface area contributed by atoms with Gasteiger partial charge in [0.1, 0.15) is 11.6 Å². The maximum absolute atomic E-state index is 13.4. The van der Waals surface area contributed by atoms with Crippen molar-refractivity contribution in [2.75, 3.05) is 6.54 Å². The Kier molecular flexibility index (Phi) is 4.31. The van der Waals surface area contributed by atoms with Crippen LogP contribution in [0.3, 0.4) is 0 Å². The molecule has 0 bridgehead atoms. The van der Waals surface area contributed by atoms with Gasteiger partial charge in [-0.15, -0.1) is 0 Å². The quantitative estimate of drug-likeness (QED) is 0.853. The summed E-state index contributed by atoms with van der Waals surface area (Å²) in [5, 5.41) is 18.9. The summed E-state index contributed by atoms with van der Waals surface area (Å²) in [6.07, 6.45) is -0.595. The van der Waals surface area contributed by atoms with Crippen LogP contribution in [0.4, 0.5) is 8.78 Å². The molecule has 1 fully saturated rings. The van der Waals surface area contributed by atoms with Gasteiger partial charge in [-0.05, 0) is 50.8 Å². The predicted molar refractivity (Wildman–Crippen MR) is 75.6 cm³/mol. The first-order chi connectivity index (χ1) is 9.72. The van der Waals surface area contributed by atoms with E-state index in [4.69, 9.17) is 5.26 Å². The minimum absolute atomic E-state index is 0.0950. The van der Waals surface area contributed by atoms with Crippen molar-refractivity contribution in [3.8, 4) is 6.07 Å². The number of rotatable bonds is 2. The van der Waals surface area contributed by atoms with E-state index >= 15 is 0 Å². The molecular formula is C16H20F2N2O. The van der Waals surface area contributed by atoms with E-state index in [-0.39, 0.29) is 17.5 Å². The fourth-order valence-corrected chi connectivity index (χ4v) is 3.08. The number of hydrogen-bond acceptors (Lipinski definition) is 3. The van der Waals surface area contributed by atoms with Crippen molar-refractivity contribution >= 4 is 0 Å². The molecule has 1 aromatic carbocycles. The first-order valence-corrected chi connectivity index (χ1v) is 7.03. The van der Waals surface area contributed by atoms with Gasteiger partial charge in [0.05, 0.1) is 12.1 Å². The molecular weight excluding hydrogens is 274 g/mol. The van der Waals surface area contributed by atoms with Gasteiger partial charge in [-0.1, -0.05) is 0 Å². The highest BCUT2D eigenvalue weighted by Crippen LogP contribution is 2.37. The summed E-state index contributed by atoms with van der Waals surface area (Å²) in [5.41, 5.74) is 0.345. The normalized spacial score (nSPS) is 24.8. The molecule has 0 aromatic heterocycles. The van der Waals surface area contributed by atoms with Crippen molar-refractivity contribution < 1.29 is 13.9 Å². The molecule has 0 radical (unpaired) electrons. The lowest BCUT2D eigenvalue weighted by Gasteiger charge is -2.37. The highest BCUT2D eigenvalue weighted by atomic mass is 19.1. The summed E-state index contributed by atoms with van der Waals surface area (Å²) in [4.78, 5) is 2.04. The van der Waals surface area contributed by atoms with Crippen LogP contribution < -0.4 is 0 Å². The van der Waals surface area contributed by atoms with Gasteiger partial charge in [0, 0.05) is 18.2 Å². The zero-order valence-corrected chi connectivity index (χ0v) is 12.5. The molecule has 1 N–H and O–H groups in total. The van der Waals surface area contributed by atoms with Crippen molar-refractivity contribution in [2.45, 2.75) is 50.8 Å². The van der Waals surface area contributed by atoms with Crippen LogP contribution >= 0.6 is 0 Å². The molecule has 2 rings (SSSR count). The van der Waals surface area contributed by atoms with Crippen LogP contribution in [0.1, 0.15) is 38.7 Å². The molecule has 0 saturated carbocycles. The van der Waals surface area contributed by atoms with Gasteiger partial charge in [-0.25, -0.2) is 8.78 Å². The van der Waals surface area contributed by atoms with Gasteiger partial charge < -0.3 is 5.11 Å². The summed E-state index contributed by atoms with van der Waals surface area (Å²) < 4.78 is 26.8. The van der Waals surface area contributed by atoms with Crippen LogP contribution in [-0.2, 0) is 0 Å². The van der Waals surface area contributed by atoms with Crippen molar-refractivity contribution in [1.29, 1.82) is 5.26 Å². The molecule has 1 aromatic rings. The highest BCUT2D eigenvalue weighted by molar-refractivity contribution is 5.25. The molecule has 0 aliphatic carbocycles. The molecule has 1 aliphatic rings. The SMILES string of the molecule is CC(C)(C)N1C[C@H](c2cc(F)cc(F)c2)CC1C(O)C#N. The van der Waals surface area contributed by atoms with Gasteiger partial charge in [-0.3, -0.25) is 4.90 Å². The zero-order valence-electron chi connectivity index (χ0n) is 12.5. The minimum Gasteiger partial charge on any atom is -0.376 e. The van der Waals surface area contributed by atoms with E-state index in [1.54, 1.807) is 0 Å². The Hall–Kier alpha value is -1.51. The molecule has 1 aliphatic heterocycles. The Labute approximate surface area is 123 Å². The number of likely N-dealkylation sites (tertiary alicyclic amines) is 1. The van der Waals surface area contributed by atoms with Crippen LogP contribution in [0, 0.1) is 23.0 Å². The van der Waals surface area contributed by atoms with Crippen LogP contribution in [0.15, 0.2) is 18.2 Å². The first kappa shape index (κ1) is 15.9. The molecule has 0 spiro atoms. The Morgan fingerprint density at radius 2 is 1.86 bits per heavy atom. The van der Waals surface area contributed by atoms with E-state index in [1.165, 1.54) is 12.1 Å². The predicted octanol–water partition coefficient (Wildman–Crippen LogP) is 2.81. The van der Waals surface area contributed by atoms with Gasteiger partial charge in [0.15, 0.2) is 6.10 Å². The van der Waals surface area contributed by atoms with Crippen LogP contribution in [0.2, 0.25) is 0 Å². The van der Waals surface area contributed by atoms with Crippen molar-refractivity contribution in [1.82, 2.24) is 4.90 Å². The van der Waals surface area contributed by atoms with Gasteiger partial charge >= 0.3 is 0 Å². The van der Waals surface area contributed by atoms with Crippen LogP contribution in [0.25, 0.3) is 0 Å². The number of halogens is 2. The molecule has 3 nitrogen and oxygen atoms in total. The maximum atomic E-state index is 13.4. The molecule has 3 atom stereocenters. The van der Waals surface area contributed by atoms with Gasteiger partial charge in [-0.2, -0.15) is 5.26 Å². The van der Waals surface area contributed by atoms with Crippen molar-refractivity contribution in [3.05, 3.63) is 35.4 Å². The zero-order chi connectivity index (χ0) is 15.8. The Morgan fingerprint density at radius 1 is 1.29 bits per heavy atom. The second-order valence-electron chi connectivity index (χ2n) is 6.60. The maximum Gasteiger partial charge on any atom is 0.155 e. The molecule has 21 heavy (non-hydrogen) atoms. The summed E-state index contributed by atoms with van der Waals surface area (Å²) in [6.45, 7) is 6.56. The van der Waals surface area contributed by atoms with E-state index < -0.39 is 17.7 Å². The Balaban J connectivity index is 2.30. The third kappa shape index (κ3) is 3.39. The van der Waals surface area contributed by atoms with Crippen LogP contribution in [-0.4, -0.2) is 34.2 Å². The summed E-state index contributed by atoms with van der Waals surface area (Å²) in [5.74, 6) is -1.30. The second kappa shape index (κ2) is 5.70. The van der Waals surface area contributed by atoms with Gasteiger partial charge in [0.25, 0.3) is 0 Å². The van der Waals surface area contributed by atoms with Crippen molar-refractivity contribution in [2.24, 2.45) is 0 Å². The largest absolute Gasteiger partial charge is 0.376 e. The van der Waals surface area contributed by atoms with Crippen molar-refractivity contribution in [3.63, 3.8) is 0 Å². The molecule has 1 heterocycles. The Bertz CT molecular complexity index is 542. The summed E-state index contributed by atoms with van der Waals surface area (Å²) in [6, 6.07) is 5.05. The third-order valence-electron chi connectivity index (χ3n) is 4.06. The average Bonchev–Trinajstić information content (AvgIpc) is 2.81. The smallest absolute Gasteiger partial charge is 0.155 e. The molecule has 114 valence electrons. The second-order valence-corrected chi connectivity index (χ2v) is 6.60. The molecule has 0 amide bonds. The number of aliphatic hydroxyl groups excluding tert-OH is 1. The monoisotopic (exact) mass is 294 g/mol. The Morgan fingerprint density at radius 3 is 2.33 bits per heavy atom. The van der Waals surface area contributed by atoms with E-state index in [9.17, 15) is 13.9 Å². The fourth-order valence-electron chi connectivity index (χ4n) is 3.08. The standard InChI is InChI=1S/C16H20F2N2O/c1-16(2,3)20-9-11(6-14(20)15(21)8-19)10-4-12(17)7-13(18)5-10/h4-5,7,11,14-15,21H,6,9H2,1-3H3/t11-,14?,15?/m1/s1. The highest BCUT2D eigenvalue weighted by Gasteiger charge is 2.42. The van der Waals surface area contributed by atoms with Gasteiger partial charge in [0.2, 0.25) is 0 Å².